The van der Waals surface area contributed by atoms with E-state index in [0.29, 0.717) is 12.1 Å². The summed E-state index contributed by atoms with van der Waals surface area (Å²) in [5.41, 5.74) is 2.89. The second-order valence-corrected chi connectivity index (χ2v) is 3.39. The van der Waals surface area contributed by atoms with E-state index in [1.54, 1.807) is 6.92 Å². The first-order chi connectivity index (χ1) is 6.79. The highest BCUT2D eigenvalue weighted by Crippen LogP contribution is 2.14. The predicted molar refractivity (Wildman–Crippen MR) is 56.9 cm³/mol. The number of oxime groups is 1. The molecule has 0 aliphatic heterocycles. The number of H-pyrrole nitrogens is 1. The molecule has 0 saturated carbocycles. The minimum atomic E-state index is 0.658. The maximum atomic E-state index is 8.55. The van der Waals surface area contributed by atoms with Gasteiger partial charge in [0.05, 0.1) is 5.71 Å². The van der Waals surface area contributed by atoms with Gasteiger partial charge in [-0.2, -0.15) is 0 Å². The molecule has 0 spiro atoms. The average molecular weight is 188 g/mol. The van der Waals surface area contributed by atoms with E-state index < -0.39 is 0 Å². The first-order valence-electron chi connectivity index (χ1n) is 4.54. The molecule has 0 amide bonds. The topological polar surface area (TPSA) is 48.4 Å². The van der Waals surface area contributed by atoms with Crippen LogP contribution in [-0.2, 0) is 6.42 Å². The average Bonchev–Trinajstić information content (AvgIpc) is 2.59. The molecule has 72 valence electrons. The van der Waals surface area contributed by atoms with Crippen LogP contribution in [0, 0.1) is 0 Å². The van der Waals surface area contributed by atoms with Crippen LogP contribution in [0.4, 0.5) is 0 Å². The Morgan fingerprint density at radius 3 is 2.93 bits per heavy atom. The van der Waals surface area contributed by atoms with Gasteiger partial charge in [0.25, 0.3) is 0 Å². The Kier molecular flexibility index (Phi) is 2.23. The van der Waals surface area contributed by atoms with E-state index >= 15 is 0 Å². The van der Waals surface area contributed by atoms with Crippen LogP contribution in [0.15, 0.2) is 35.5 Å². The Hall–Kier alpha value is -1.77. The van der Waals surface area contributed by atoms with Crippen molar-refractivity contribution in [2.24, 2.45) is 5.16 Å². The molecule has 2 N–H and O–H groups in total. The molecule has 0 bridgehead atoms. The number of aromatic nitrogens is 1. The lowest BCUT2D eigenvalue weighted by Gasteiger charge is -1.93. The fraction of sp³-hybridized carbons (Fsp3) is 0.182. The maximum Gasteiger partial charge on any atom is 0.0598 e. The monoisotopic (exact) mass is 188 g/mol. The number of nitrogens with one attached hydrogen (secondary N) is 1. The quantitative estimate of drug-likeness (QED) is 0.424. The zero-order chi connectivity index (χ0) is 9.97. The first-order valence-corrected chi connectivity index (χ1v) is 4.54. The van der Waals surface area contributed by atoms with Gasteiger partial charge in [-0.25, -0.2) is 0 Å². The highest BCUT2D eigenvalue weighted by molar-refractivity contribution is 5.86. The third kappa shape index (κ3) is 1.62. The van der Waals surface area contributed by atoms with Gasteiger partial charge in [0.15, 0.2) is 0 Å². The number of aromatic amines is 1. The van der Waals surface area contributed by atoms with Crippen molar-refractivity contribution in [3.05, 3.63) is 36.0 Å². The van der Waals surface area contributed by atoms with E-state index in [4.69, 9.17) is 5.21 Å². The van der Waals surface area contributed by atoms with Gasteiger partial charge in [0, 0.05) is 17.6 Å². The predicted octanol–water partition coefficient (Wildman–Crippen LogP) is 2.56. The number of hydrogen-bond donors (Lipinski definition) is 2. The van der Waals surface area contributed by atoms with Gasteiger partial charge in [0.1, 0.15) is 0 Å². The molecule has 1 heterocycles. The number of benzene rings is 1. The van der Waals surface area contributed by atoms with Crippen molar-refractivity contribution in [1.82, 2.24) is 4.98 Å². The molecule has 1 aromatic heterocycles. The third-order valence-electron chi connectivity index (χ3n) is 2.20. The molecule has 0 fully saturated rings. The SMILES string of the molecule is CC(Cc1cc2ccccc2[nH]1)=NO. The molecule has 0 aliphatic carbocycles. The normalized spacial score (nSPS) is 12.2. The Balaban J connectivity index is 2.36. The largest absolute Gasteiger partial charge is 0.411 e. The van der Waals surface area contributed by atoms with Crippen molar-refractivity contribution >= 4 is 16.6 Å². The zero-order valence-electron chi connectivity index (χ0n) is 7.99. The number of nitrogens with zero attached hydrogens (tertiary/aromatic N) is 1. The minimum Gasteiger partial charge on any atom is -0.411 e. The molecule has 0 radical (unpaired) electrons. The van der Waals surface area contributed by atoms with Gasteiger partial charge in [-0.15, -0.1) is 0 Å². The zero-order valence-corrected chi connectivity index (χ0v) is 7.99. The summed E-state index contributed by atoms with van der Waals surface area (Å²) in [4.78, 5) is 3.27. The maximum absolute atomic E-state index is 8.55. The van der Waals surface area contributed by atoms with Crippen molar-refractivity contribution in [2.75, 3.05) is 0 Å². The number of rotatable bonds is 2. The molecule has 2 aromatic rings. The lowest BCUT2D eigenvalue weighted by molar-refractivity contribution is 0.317. The Bertz CT molecular complexity index is 438. The molecule has 0 saturated heterocycles. The van der Waals surface area contributed by atoms with Crippen molar-refractivity contribution in [1.29, 1.82) is 0 Å². The van der Waals surface area contributed by atoms with Crippen LogP contribution in [0.5, 0.6) is 0 Å². The van der Waals surface area contributed by atoms with Crippen molar-refractivity contribution in [2.45, 2.75) is 13.3 Å². The van der Waals surface area contributed by atoms with Gasteiger partial charge in [0.2, 0.25) is 0 Å². The van der Waals surface area contributed by atoms with E-state index in [-0.39, 0.29) is 0 Å². The highest BCUT2D eigenvalue weighted by Gasteiger charge is 2.01. The third-order valence-corrected chi connectivity index (χ3v) is 2.20. The van der Waals surface area contributed by atoms with Crippen molar-refractivity contribution in [3.63, 3.8) is 0 Å². The van der Waals surface area contributed by atoms with Crippen LogP contribution in [-0.4, -0.2) is 15.9 Å². The van der Waals surface area contributed by atoms with Gasteiger partial charge < -0.3 is 10.2 Å². The number of fused-ring (bicyclic) bond motifs is 1. The summed E-state index contributed by atoms with van der Waals surface area (Å²) >= 11 is 0. The van der Waals surface area contributed by atoms with E-state index in [9.17, 15) is 0 Å². The second-order valence-electron chi connectivity index (χ2n) is 3.39. The molecule has 0 aliphatic rings. The molecule has 0 atom stereocenters. The number of para-hydroxylation sites is 1. The van der Waals surface area contributed by atoms with Gasteiger partial charge >= 0.3 is 0 Å². The summed E-state index contributed by atoms with van der Waals surface area (Å²) in [7, 11) is 0. The molecular formula is C11H12N2O. The second kappa shape index (κ2) is 3.54. The van der Waals surface area contributed by atoms with E-state index in [2.05, 4.69) is 22.3 Å². The Morgan fingerprint density at radius 1 is 1.43 bits per heavy atom. The molecule has 14 heavy (non-hydrogen) atoms. The minimum absolute atomic E-state index is 0.658. The van der Waals surface area contributed by atoms with Gasteiger partial charge in [-0.05, 0) is 24.4 Å². The summed E-state index contributed by atoms with van der Waals surface area (Å²) in [5, 5.41) is 12.9. The molecular weight excluding hydrogens is 176 g/mol. The molecule has 3 heteroatoms. The lowest BCUT2D eigenvalue weighted by atomic mass is 10.2. The number of hydrogen-bond acceptors (Lipinski definition) is 2. The molecule has 2 rings (SSSR count). The summed E-state index contributed by atoms with van der Waals surface area (Å²) in [6, 6.07) is 10.2. The summed E-state index contributed by atoms with van der Waals surface area (Å²) in [6.45, 7) is 1.80. The highest BCUT2D eigenvalue weighted by atomic mass is 16.4. The lowest BCUT2D eigenvalue weighted by Crippen LogP contribution is -1.96. The van der Waals surface area contributed by atoms with Gasteiger partial charge in [-0.3, -0.25) is 0 Å². The van der Waals surface area contributed by atoms with Crippen LogP contribution in [0.2, 0.25) is 0 Å². The summed E-state index contributed by atoms with van der Waals surface area (Å²) < 4.78 is 0. The van der Waals surface area contributed by atoms with Crippen LogP contribution in [0.25, 0.3) is 10.9 Å². The Morgan fingerprint density at radius 2 is 2.21 bits per heavy atom. The fourth-order valence-electron chi connectivity index (χ4n) is 1.54. The van der Waals surface area contributed by atoms with Crippen molar-refractivity contribution < 1.29 is 5.21 Å². The van der Waals surface area contributed by atoms with Gasteiger partial charge in [-0.1, -0.05) is 23.4 Å². The van der Waals surface area contributed by atoms with Crippen LogP contribution in [0.1, 0.15) is 12.6 Å². The summed E-state index contributed by atoms with van der Waals surface area (Å²) in [5.74, 6) is 0. The van der Waals surface area contributed by atoms with E-state index in [1.807, 2.05) is 18.2 Å². The smallest absolute Gasteiger partial charge is 0.0598 e. The fourth-order valence-corrected chi connectivity index (χ4v) is 1.54. The van der Waals surface area contributed by atoms with Crippen LogP contribution < -0.4 is 0 Å². The summed E-state index contributed by atoms with van der Waals surface area (Å²) in [6.07, 6.45) is 0.658. The van der Waals surface area contributed by atoms with Crippen molar-refractivity contribution in [3.8, 4) is 0 Å². The molecule has 0 unspecified atom stereocenters. The van der Waals surface area contributed by atoms with Crippen LogP contribution in [0.3, 0.4) is 0 Å². The van der Waals surface area contributed by atoms with Crippen LogP contribution >= 0.6 is 0 Å². The first kappa shape index (κ1) is 8.81. The van der Waals surface area contributed by atoms with E-state index in [0.717, 1.165) is 11.2 Å². The standard InChI is InChI=1S/C11H12N2O/c1-8(13-14)6-10-7-9-4-2-3-5-11(9)12-10/h2-5,7,12,14H,6H2,1H3. The van der Waals surface area contributed by atoms with E-state index in [1.165, 1.54) is 5.39 Å². The molecule has 3 nitrogen and oxygen atoms in total. The Labute approximate surface area is 82.1 Å². The molecule has 1 aromatic carbocycles.